The number of hydrogen-bond acceptors (Lipinski definition) is 0. The van der Waals surface area contributed by atoms with Gasteiger partial charge >= 0.3 is 41.9 Å². The maximum atomic E-state index is 2.34. The van der Waals surface area contributed by atoms with Gasteiger partial charge in [0.05, 0.1) is 0 Å². The van der Waals surface area contributed by atoms with Gasteiger partial charge in [0.25, 0.3) is 0 Å². The van der Waals surface area contributed by atoms with Gasteiger partial charge in [-0.1, -0.05) is 73.5 Å². The van der Waals surface area contributed by atoms with E-state index < -0.39 is 0 Å². The molecule has 0 unspecified atom stereocenters. The maximum absolute atomic E-state index is 2.34. The van der Waals surface area contributed by atoms with Crippen LogP contribution in [0.1, 0.15) is 47.2 Å². The van der Waals surface area contributed by atoms with Crippen LogP contribution in [0.15, 0.2) is 97.1 Å². The van der Waals surface area contributed by atoms with Crippen LogP contribution in [0.5, 0.6) is 0 Å². The van der Waals surface area contributed by atoms with E-state index in [-0.39, 0.29) is 5.43 Å². The van der Waals surface area contributed by atoms with Gasteiger partial charge in [0.15, 0.2) is 0 Å². The van der Waals surface area contributed by atoms with Gasteiger partial charge in [-0.3, -0.25) is 0 Å². The van der Waals surface area contributed by atoms with Crippen molar-refractivity contribution >= 4 is 27.0 Å². The second-order valence-corrected chi connectivity index (χ2v) is 20.9. The van der Waals surface area contributed by atoms with Gasteiger partial charge in [-0.15, -0.1) is 69.1 Å². The average Bonchev–Trinajstić information content (AvgIpc) is 3.60. The molecule has 42 heavy (non-hydrogen) atoms. The van der Waals surface area contributed by atoms with E-state index in [4.69, 9.17) is 0 Å². The molecule has 0 N–H and O–H groups in total. The van der Waals surface area contributed by atoms with Crippen molar-refractivity contribution in [2.45, 2.75) is 67.5 Å². The molecule has 0 heterocycles. The summed E-state index contributed by atoms with van der Waals surface area (Å²) in [6.07, 6.45) is 2.20. The molecule has 0 atom stereocenters. The van der Waals surface area contributed by atoms with Crippen LogP contribution in [0.25, 0.3) is 43.8 Å². The van der Waals surface area contributed by atoms with Gasteiger partial charge < -0.3 is 0 Å². The molecule has 0 nitrogen and oxygen atoms in total. The molecule has 6 aromatic rings. The van der Waals surface area contributed by atoms with E-state index in [1.807, 2.05) is 0 Å². The molecule has 0 fully saturated rings. The fourth-order valence-electron chi connectivity index (χ4n) is 5.56. The monoisotopic (exact) mass is 642 g/mol. The van der Waals surface area contributed by atoms with Crippen LogP contribution in [0.3, 0.4) is 0 Å². The predicted octanol–water partition coefficient (Wildman–Crippen LogP) is 11.6. The van der Waals surface area contributed by atoms with Crippen LogP contribution in [0, 0.1) is 27.7 Å². The Morgan fingerprint density at radius 3 is 1.24 bits per heavy atom. The summed E-state index contributed by atoms with van der Waals surface area (Å²) < 4.78 is 0. The molecule has 0 bridgehead atoms. The molecule has 0 aliphatic carbocycles. The quantitative estimate of drug-likeness (QED) is 0.132. The van der Waals surface area contributed by atoms with Crippen molar-refractivity contribution in [1.29, 1.82) is 0 Å². The van der Waals surface area contributed by atoms with Gasteiger partial charge in [0.1, 0.15) is 0 Å². The Morgan fingerprint density at radius 1 is 0.548 bits per heavy atom. The molecule has 6 aromatic carbocycles. The molecule has 212 valence electrons. The average molecular weight is 644 g/mol. The standard InChI is InChI=1S/2C19H19.C2H6Si.Zr/c2*1-4-15-11-16-8-6-10-18(19(16)12-15)17-9-5-7-13(2)14(17)3;1-3-2;/h2*5-12H,4H2,1-3H3;1-2H3;/q2*-1;;+2. The summed E-state index contributed by atoms with van der Waals surface area (Å²) in [6.45, 7) is 17.8. The Kier molecular flexibility index (Phi) is 11.2. The minimum atomic E-state index is 0.210. The molecular formula is C40H44SiZr. The van der Waals surface area contributed by atoms with E-state index in [1.165, 1.54) is 77.2 Å². The summed E-state index contributed by atoms with van der Waals surface area (Å²) in [4.78, 5) is 0. The van der Waals surface area contributed by atoms with E-state index >= 15 is 0 Å². The first kappa shape index (κ1) is 32.1. The summed E-state index contributed by atoms with van der Waals surface area (Å²) in [7, 11) is 0. The predicted molar refractivity (Wildman–Crippen MR) is 185 cm³/mol. The molecule has 6 rings (SSSR count). The van der Waals surface area contributed by atoms with E-state index in [0.29, 0.717) is 0 Å². The number of benzene rings is 4. The molecule has 0 radical (unpaired) electrons. The molecule has 2 heteroatoms. The molecule has 0 saturated heterocycles. The zero-order valence-electron chi connectivity index (χ0n) is 26.7. The normalized spacial score (nSPS) is 10.7. The van der Waals surface area contributed by atoms with Crippen LogP contribution in [0.4, 0.5) is 0 Å². The Morgan fingerprint density at radius 2 is 0.881 bits per heavy atom. The number of rotatable bonds is 4. The molecular weight excluding hydrogens is 600 g/mol. The van der Waals surface area contributed by atoms with Gasteiger partial charge in [0, 0.05) is 0 Å². The third kappa shape index (κ3) is 7.39. The van der Waals surface area contributed by atoms with Crippen molar-refractivity contribution in [3.8, 4) is 22.3 Å². The first-order valence-electron chi connectivity index (χ1n) is 15.2. The van der Waals surface area contributed by atoms with Crippen LogP contribution in [-0.4, -0.2) is 5.43 Å². The molecule has 0 spiro atoms. The van der Waals surface area contributed by atoms with Gasteiger partial charge in [-0.05, 0) is 73.9 Å². The van der Waals surface area contributed by atoms with Crippen molar-refractivity contribution in [2.75, 3.05) is 0 Å². The third-order valence-electron chi connectivity index (χ3n) is 8.23. The van der Waals surface area contributed by atoms with E-state index in [2.05, 4.69) is 152 Å². The molecule has 0 aromatic heterocycles. The van der Waals surface area contributed by atoms with Gasteiger partial charge in [-0.2, -0.15) is 12.1 Å². The fraction of sp³-hybridized carbons (Fsp3) is 0.250. The summed E-state index contributed by atoms with van der Waals surface area (Å²) >= 11 is 1.74. The van der Waals surface area contributed by atoms with Crippen LogP contribution in [0.2, 0.25) is 13.1 Å². The molecule has 0 aliphatic heterocycles. The van der Waals surface area contributed by atoms with Crippen molar-refractivity contribution in [3.05, 3.63) is 130 Å². The zero-order valence-corrected chi connectivity index (χ0v) is 30.1. The van der Waals surface area contributed by atoms with Crippen LogP contribution >= 0.6 is 0 Å². The summed E-state index contributed by atoms with van der Waals surface area (Å²) in [5.41, 5.74) is 14.0. The van der Waals surface area contributed by atoms with E-state index in [1.54, 1.807) is 23.3 Å². The van der Waals surface area contributed by atoms with Crippen molar-refractivity contribution in [2.24, 2.45) is 0 Å². The fourth-order valence-corrected chi connectivity index (χ4v) is 5.56. The SMILES string of the molecule is CCc1cc2c(-c3cccc(C)c3C)cccc2[cH-]1.CCc1cc2c(-c3cccc(C)c3C)cccc2[cH-]1.C[Si](C)=[Zr+2]. The van der Waals surface area contributed by atoms with Gasteiger partial charge in [-0.25, -0.2) is 0 Å². The van der Waals surface area contributed by atoms with Gasteiger partial charge in [0.2, 0.25) is 0 Å². The van der Waals surface area contributed by atoms with Crippen LogP contribution < -0.4 is 0 Å². The Hall–Kier alpha value is -2.80. The first-order valence-corrected chi connectivity index (χ1v) is 21.3. The van der Waals surface area contributed by atoms with Crippen molar-refractivity contribution < 1.29 is 23.3 Å². The van der Waals surface area contributed by atoms with E-state index in [9.17, 15) is 0 Å². The second kappa shape index (κ2) is 14.6. The Bertz CT molecular complexity index is 1690. The Balaban J connectivity index is 0.000000171. The van der Waals surface area contributed by atoms with Crippen molar-refractivity contribution in [3.63, 3.8) is 0 Å². The number of aryl methyl sites for hydroxylation is 4. The number of hydrogen-bond donors (Lipinski definition) is 0. The minimum absolute atomic E-state index is 0.210. The zero-order chi connectivity index (χ0) is 30.4. The summed E-state index contributed by atoms with van der Waals surface area (Å²) in [5, 5.41) is 5.48. The second-order valence-electron chi connectivity index (χ2n) is 11.5. The third-order valence-corrected chi connectivity index (χ3v) is 8.23. The topological polar surface area (TPSA) is 0 Å². The van der Waals surface area contributed by atoms with Crippen LogP contribution in [-0.2, 0) is 36.2 Å². The van der Waals surface area contributed by atoms with Crippen molar-refractivity contribution in [1.82, 2.24) is 0 Å². The van der Waals surface area contributed by atoms with E-state index in [0.717, 1.165) is 12.8 Å². The summed E-state index contributed by atoms with van der Waals surface area (Å²) in [6, 6.07) is 35.7. The summed E-state index contributed by atoms with van der Waals surface area (Å²) in [5.74, 6) is 0. The molecule has 0 saturated carbocycles. The Labute approximate surface area is 268 Å². The number of fused-ring (bicyclic) bond motifs is 2. The first-order chi connectivity index (χ1) is 20.1. The molecule has 0 amide bonds. The molecule has 0 aliphatic rings.